The zero-order chi connectivity index (χ0) is 18.2. The highest BCUT2D eigenvalue weighted by molar-refractivity contribution is 6.34. The zero-order valence-corrected chi connectivity index (χ0v) is 15.6. The Morgan fingerprint density at radius 2 is 1.80 bits per heavy atom. The molecule has 0 radical (unpaired) electrons. The number of hydrogen-bond donors (Lipinski definition) is 0. The van der Waals surface area contributed by atoms with E-state index in [1.807, 2.05) is 18.2 Å². The highest BCUT2D eigenvalue weighted by Gasteiger charge is 2.24. The summed E-state index contributed by atoms with van der Waals surface area (Å²) in [6.45, 7) is 2.26. The highest BCUT2D eigenvalue weighted by atomic mass is 35.5. The maximum atomic E-state index is 12.2. The summed E-state index contributed by atoms with van der Waals surface area (Å²) in [5.74, 6) is 1.10. The van der Waals surface area contributed by atoms with Crippen molar-refractivity contribution in [3.8, 4) is 17.2 Å². The number of aryl methyl sites for hydroxylation is 1. The summed E-state index contributed by atoms with van der Waals surface area (Å²) in [4.78, 5) is 12.2. The van der Waals surface area contributed by atoms with Crippen LogP contribution in [0, 0.1) is 0 Å². The molecule has 25 heavy (non-hydrogen) atoms. The molecule has 0 spiro atoms. The summed E-state index contributed by atoms with van der Waals surface area (Å²) < 4.78 is 16.7. The average Bonchev–Trinajstić information content (AvgIpc) is 2.65. The third-order valence-electron chi connectivity index (χ3n) is 3.88. The van der Waals surface area contributed by atoms with Crippen molar-refractivity contribution in [1.29, 1.82) is 0 Å². The van der Waals surface area contributed by atoms with Crippen LogP contribution in [0.3, 0.4) is 0 Å². The normalized spacial score (nSPS) is 10.4. The summed E-state index contributed by atoms with van der Waals surface area (Å²) in [6.07, 6.45) is 2.06. The minimum Gasteiger partial charge on any atom is -0.493 e. The second-order valence-corrected chi connectivity index (χ2v) is 5.92. The fraction of sp³-hybridized carbons (Fsp3) is 0.350. The lowest BCUT2D eigenvalue weighted by Gasteiger charge is -2.18. The Bertz CT molecular complexity index is 713. The smallest absolute Gasteiger partial charge is 0.204 e. The zero-order valence-electron chi connectivity index (χ0n) is 14.8. The summed E-state index contributed by atoms with van der Waals surface area (Å²) >= 11 is 6.24. The van der Waals surface area contributed by atoms with Gasteiger partial charge in [0.1, 0.15) is 0 Å². The number of ether oxygens (including phenoxy) is 3. The fourth-order valence-corrected chi connectivity index (χ4v) is 2.89. The number of halogens is 1. The molecular formula is C20H23ClO4. The Morgan fingerprint density at radius 3 is 2.40 bits per heavy atom. The van der Waals surface area contributed by atoms with Crippen molar-refractivity contribution in [1.82, 2.24) is 0 Å². The van der Waals surface area contributed by atoms with Gasteiger partial charge < -0.3 is 14.2 Å². The van der Waals surface area contributed by atoms with Crippen LogP contribution in [0.15, 0.2) is 36.4 Å². The summed E-state index contributed by atoms with van der Waals surface area (Å²) in [5, 5.41) is 0.303. The average molecular weight is 363 g/mol. The van der Waals surface area contributed by atoms with Crippen LogP contribution in [0.25, 0.3) is 0 Å². The van der Waals surface area contributed by atoms with Crippen molar-refractivity contribution in [2.75, 3.05) is 20.8 Å². The monoisotopic (exact) mass is 362 g/mol. The first-order valence-electron chi connectivity index (χ1n) is 8.26. The molecule has 134 valence electrons. The Balaban J connectivity index is 2.18. The van der Waals surface area contributed by atoms with E-state index in [2.05, 4.69) is 12.1 Å². The second kappa shape index (κ2) is 9.33. The minimum atomic E-state index is -0.0985. The predicted molar refractivity (Wildman–Crippen MR) is 99.4 cm³/mol. The number of rotatable bonds is 9. The van der Waals surface area contributed by atoms with Crippen LogP contribution in [0.4, 0.5) is 0 Å². The molecule has 0 aliphatic rings. The van der Waals surface area contributed by atoms with Crippen molar-refractivity contribution in [3.05, 3.63) is 52.5 Å². The molecule has 0 unspecified atom stereocenters. The van der Waals surface area contributed by atoms with E-state index in [-0.39, 0.29) is 5.78 Å². The second-order valence-electron chi connectivity index (χ2n) is 5.51. The fourth-order valence-electron chi connectivity index (χ4n) is 2.60. The number of hydrogen-bond acceptors (Lipinski definition) is 4. The van der Waals surface area contributed by atoms with Crippen molar-refractivity contribution < 1.29 is 19.0 Å². The van der Waals surface area contributed by atoms with Crippen LogP contribution in [0.2, 0.25) is 5.02 Å². The van der Waals surface area contributed by atoms with Gasteiger partial charge in [-0.25, -0.2) is 0 Å². The van der Waals surface area contributed by atoms with E-state index in [0.29, 0.717) is 40.9 Å². The molecule has 0 fully saturated rings. The van der Waals surface area contributed by atoms with Crippen LogP contribution >= 0.6 is 11.6 Å². The molecule has 0 saturated heterocycles. The van der Waals surface area contributed by atoms with Crippen LogP contribution in [-0.4, -0.2) is 26.6 Å². The number of carbonyl (C=O) groups excluding carboxylic acids is 1. The van der Waals surface area contributed by atoms with E-state index in [4.69, 9.17) is 25.8 Å². The van der Waals surface area contributed by atoms with Gasteiger partial charge in [-0.2, -0.15) is 0 Å². The quantitative estimate of drug-likeness (QED) is 0.467. The van der Waals surface area contributed by atoms with E-state index >= 15 is 0 Å². The predicted octanol–water partition coefficient (Wildman–Crippen LogP) is 4.96. The number of Topliss-reactive ketones (excluding diaryl/α,β-unsaturated/α-hetero) is 1. The van der Waals surface area contributed by atoms with Gasteiger partial charge in [0.15, 0.2) is 17.3 Å². The van der Waals surface area contributed by atoms with Crippen LogP contribution < -0.4 is 14.2 Å². The Morgan fingerprint density at radius 1 is 1.08 bits per heavy atom. The number of carbonyl (C=O) groups is 1. The number of benzene rings is 2. The molecule has 2 aromatic carbocycles. The lowest BCUT2D eigenvalue weighted by atomic mass is 10.1. The highest BCUT2D eigenvalue weighted by Crippen LogP contribution is 2.44. The number of ketones is 1. The lowest BCUT2D eigenvalue weighted by molar-refractivity contribution is 0.0984. The molecule has 0 aliphatic heterocycles. The molecule has 0 bridgehead atoms. The molecule has 0 saturated carbocycles. The first kappa shape index (κ1) is 19.1. The summed E-state index contributed by atoms with van der Waals surface area (Å²) in [7, 11) is 3.03. The Kier molecular flexibility index (Phi) is 7.14. The minimum absolute atomic E-state index is 0.0985. The first-order chi connectivity index (χ1) is 12.1. The van der Waals surface area contributed by atoms with Crippen LogP contribution in [0.5, 0.6) is 17.2 Å². The summed E-state index contributed by atoms with van der Waals surface area (Å²) in [6, 6.07) is 11.8. The molecule has 4 nitrogen and oxygen atoms in total. The van der Waals surface area contributed by atoms with Crippen LogP contribution in [-0.2, 0) is 6.42 Å². The SMILES string of the molecule is CCC(=O)c1c(Cl)cc(OC)c(OCCCc2ccccc2)c1OC. The van der Waals surface area contributed by atoms with Crippen LogP contribution in [0.1, 0.15) is 35.7 Å². The molecule has 0 aliphatic carbocycles. The van der Waals surface area contributed by atoms with Crippen molar-refractivity contribution >= 4 is 17.4 Å². The molecule has 0 amide bonds. The van der Waals surface area contributed by atoms with Crippen molar-refractivity contribution in [2.24, 2.45) is 0 Å². The molecular weight excluding hydrogens is 340 g/mol. The molecule has 0 atom stereocenters. The van der Waals surface area contributed by atoms with Gasteiger partial charge in [0, 0.05) is 12.5 Å². The van der Waals surface area contributed by atoms with Crippen molar-refractivity contribution in [2.45, 2.75) is 26.2 Å². The van der Waals surface area contributed by atoms with Gasteiger partial charge in [-0.05, 0) is 18.4 Å². The van der Waals surface area contributed by atoms with Crippen molar-refractivity contribution in [3.63, 3.8) is 0 Å². The first-order valence-corrected chi connectivity index (χ1v) is 8.64. The maximum Gasteiger partial charge on any atom is 0.204 e. The van der Waals surface area contributed by atoms with Gasteiger partial charge >= 0.3 is 0 Å². The third-order valence-corrected chi connectivity index (χ3v) is 4.17. The molecule has 2 aromatic rings. The Hall–Kier alpha value is -2.20. The van der Waals surface area contributed by atoms with Gasteiger partial charge in [0.05, 0.1) is 31.4 Å². The maximum absolute atomic E-state index is 12.2. The molecule has 0 aromatic heterocycles. The van der Waals surface area contributed by atoms with E-state index in [1.54, 1.807) is 13.0 Å². The molecule has 5 heteroatoms. The van der Waals surface area contributed by atoms with E-state index in [9.17, 15) is 4.79 Å². The topological polar surface area (TPSA) is 44.8 Å². The molecule has 2 rings (SSSR count). The van der Waals surface area contributed by atoms with E-state index < -0.39 is 0 Å². The molecule has 0 heterocycles. The van der Waals surface area contributed by atoms with Gasteiger partial charge in [-0.1, -0.05) is 48.9 Å². The largest absolute Gasteiger partial charge is 0.493 e. The van der Waals surface area contributed by atoms with Gasteiger partial charge in [0.25, 0.3) is 0 Å². The van der Waals surface area contributed by atoms with Gasteiger partial charge in [-0.15, -0.1) is 0 Å². The Labute approximate surface area is 153 Å². The van der Waals surface area contributed by atoms with E-state index in [0.717, 1.165) is 12.8 Å². The summed E-state index contributed by atoms with van der Waals surface area (Å²) in [5.41, 5.74) is 1.59. The van der Waals surface area contributed by atoms with Gasteiger partial charge in [0.2, 0.25) is 5.75 Å². The standard InChI is InChI=1S/C20H23ClO4/c1-4-16(22)18-15(21)13-17(23-2)19(20(18)24-3)25-12-8-11-14-9-6-5-7-10-14/h5-7,9-10,13H,4,8,11-12H2,1-3H3. The number of methoxy groups -OCH3 is 2. The third kappa shape index (κ3) is 4.67. The lowest BCUT2D eigenvalue weighted by Crippen LogP contribution is -2.08. The van der Waals surface area contributed by atoms with E-state index in [1.165, 1.54) is 19.8 Å². The molecule has 0 N–H and O–H groups in total. The van der Waals surface area contributed by atoms with Gasteiger partial charge in [-0.3, -0.25) is 4.79 Å².